The molecule has 0 radical (unpaired) electrons. The van der Waals surface area contributed by atoms with Crippen LogP contribution in [0.5, 0.6) is 0 Å². The van der Waals surface area contributed by atoms with Crippen molar-refractivity contribution in [1.82, 2.24) is 0 Å². The van der Waals surface area contributed by atoms with Crippen molar-refractivity contribution in [3.63, 3.8) is 0 Å². The van der Waals surface area contributed by atoms with Gasteiger partial charge in [-0.3, -0.25) is 0 Å². The number of hydrogen-bond donors (Lipinski definition) is 1. The van der Waals surface area contributed by atoms with Crippen LogP contribution in [0, 0.1) is 11.8 Å². The summed E-state index contributed by atoms with van der Waals surface area (Å²) in [6, 6.07) is 0. The van der Waals surface area contributed by atoms with Crippen LogP contribution in [-0.2, 0) is 0 Å². The molecule has 0 aromatic rings. The molecule has 0 heterocycles. The quantitative estimate of drug-likeness (QED) is 0.496. The highest BCUT2D eigenvalue weighted by molar-refractivity contribution is 4.65. The van der Waals surface area contributed by atoms with Crippen molar-refractivity contribution in [2.45, 2.75) is 91.6 Å². The molecular weight excluding hydrogens is 208 g/mol. The van der Waals surface area contributed by atoms with Crippen molar-refractivity contribution in [2.75, 3.05) is 0 Å². The first-order valence-corrected chi connectivity index (χ1v) is 7.78. The van der Waals surface area contributed by atoms with Crippen LogP contribution in [0.25, 0.3) is 0 Å². The predicted octanol–water partition coefficient (Wildman–Crippen LogP) is 5.17. The first-order chi connectivity index (χ1) is 8.10. The molecule has 0 saturated heterocycles. The minimum atomic E-state index is -0.0690. The Morgan fingerprint density at radius 1 is 0.824 bits per heavy atom. The van der Waals surface area contributed by atoms with Gasteiger partial charge < -0.3 is 5.11 Å². The Morgan fingerprint density at radius 3 is 2.06 bits per heavy atom. The molecule has 0 aliphatic rings. The molecule has 1 N–H and O–H groups in total. The Bertz CT molecular complexity index is 154. The Morgan fingerprint density at radius 2 is 1.53 bits per heavy atom. The number of rotatable bonds is 11. The monoisotopic (exact) mass is 242 g/mol. The van der Waals surface area contributed by atoms with E-state index in [0.29, 0.717) is 5.92 Å². The van der Waals surface area contributed by atoms with E-state index in [-0.39, 0.29) is 6.10 Å². The molecule has 0 aliphatic carbocycles. The molecular formula is C16H34O. The number of aliphatic hydroxyl groups is 1. The first-order valence-electron chi connectivity index (χ1n) is 7.78. The van der Waals surface area contributed by atoms with Gasteiger partial charge in [-0.2, -0.15) is 0 Å². The van der Waals surface area contributed by atoms with Gasteiger partial charge in [0.25, 0.3) is 0 Å². The molecule has 0 fully saturated rings. The Labute approximate surface area is 109 Å². The largest absolute Gasteiger partial charge is 0.393 e. The fourth-order valence-corrected chi connectivity index (χ4v) is 2.61. The van der Waals surface area contributed by atoms with Gasteiger partial charge in [-0.25, -0.2) is 0 Å². The van der Waals surface area contributed by atoms with E-state index in [1.165, 1.54) is 44.9 Å². The lowest BCUT2D eigenvalue weighted by Gasteiger charge is -2.19. The Kier molecular flexibility index (Phi) is 11.0. The lowest BCUT2D eigenvalue weighted by molar-refractivity contribution is 0.128. The van der Waals surface area contributed by atoms with E-state index < -0.39 is 0 Å². The number of unbranched alkanes of at least 4 members (excludes halogenated alkanes) is 2. The highest BCUT2D eigenvalue weighted by Crippen LogP contribution is 2.23. The van der Waals surface area contributed by atoms with E-state index in [1.807, 2.05) is 0 Å². The molecule has 1 heteroatoms. The smallest absolute Gasteiger partial charge is 0.0542 e. The van der Waals surface area contributed by atoms with Crippen LogP contribution >= 0.6 is 0 Å². The van der Waals surface area contributed by atoms with E-state index in [0.717, 1.165) is 18.8 Å². The van der Waals surface area contributed by atoms with Crippen LogP contribution in [0.1, 0.15) is 85.5 Å². The van der Waals surface area contributed by atoms with E-state index in [2.05, 4.69) is 27.7 Å². The molecule has 0 bridgehead atoms. The summed E-state index contributed by atoms with van der Waals surface area (Å²) in [5, 5.41) is 9.91. The summed E-state index contributed by atoms with van der Waals surface area (Å²) >= 11 is 0. The summed E-state index contributed by atoms with van der Waals surface area (Å²) < 4.78 is 0. The second-order valence-corrected chi connectivity index (χ2v) is 6.01. The third-order valence-corrected chi connectivity index (χ3v) is 3.56. The molecule has 104 valence electrons. The maximum absolute atomic E-state index is 9.91. The van der Waals surface area contributed by atoms with E-state index in [9.17, 15) is 5.11 Å². The minimum absolute atomic E-state index is 0.0690. The van der Waals surface area contributed by atoms with E-state index >= 15 is 0 Å². The summed E-state index contributed by atoms with van der Waals surface area (Å²) in [6.07, 6.45) is 11.2. The van der Waals surface area contributed by atoms with Crippen molar-refractivity contribution >= 4 is 0 Å². The van der Waals surface area contributed by atoms with Crippen LogP contribution in [0.3, 0.4) is 0 Å². The lowest BCUT2D eigenvalue weighted by Crippen LogP contribution is -2.12. The molecule has 2 unspecified atom stereocenters. The topological polar surface area (TPSA) is 20.2 Å². The summed E-state index contributed by atoms with van der Waals surface area (Å²) in [5.41, 5.74) is 0. The summed E-state index contributed by atoms with van der Waals surface area (Å²) in [7, 11) is 0. The molecule has 1 nitrogen and oxygen atoms in total. The van der Waals surface area contributed by atoms with Gasteiger partial charge in [0.1, 0.15) is 0 Å². The van der Waals surface area contributed by atoms with Crippen molar-refractivity contribution < 1.29 is 5.11 Å². The second-order valence-electron chi connectivity index (χ2n) is 6.01. The zero-order valence-corrected chi connectivity index (χ0v) is 12.5. The van der Waals surface area contributed by atoms with Gasteiger partial charge in [-0.05, 0) is 31.1 Å². The summed E-state index contributed by atoms with van der Waals surface area (Å²) in [5.74, 6) is 1.48. The average molecular weight is 242 g/mol. The van der Waals surface area contributed by atoms with E-state index in [4.69, 9.17) is 0 Å². The average Bonchev–Trinajstić information content (AvgIpc) is 2.25. The zero-order chi connectivity index (χ0) is 13.1. The molecule has 0 aromatic heterocycles. The second kappa shape index (κ2) is 11.1. The maximum Gasteiger partial charge on any atom is 0.0542 e. The first kappa shape index (κ1) is 17.0. The summed E-state index contributed by atoms with van der Waals surface area (Å²) in [4.78, 5) is 0. The van der Waals surface area contributed by atoms with Gasteiger partial charge in [-0.1, -0.05) is 66.2 Å². The van der Waals surface area contributed by atoms with Crippen molar-refractivity contribution in [1.29, 1.82) is 0 Å². The van der Waals surface area contributed by atoms with Gasteiger partial charge >= 0.3 is 0 Å². The van der Waals surface area contributed by atoms with Gasteiger partial charge in [0, 0.05) is 0 Å². The third kappa shape index (κ3) is 10.8. The van der Waals surface area contributed by atoms with Crippen molar-refractivity contribution in [2.24, 2.45) is 11.8 Å². The van der Waals surface area contributed by atoms with Gasteiger partial charge in [0.15, 0.2) is 0 Å². The number of hydrogen-bond acceptors (Lipinski definition) is 1. The van der Waals surface area contributed by atoms with Crippen LogP contribution in [0.15, 0.2) is 0 Å². The maximum atomic E-state index is 9.91. The standard InChI is InChI=1S/C16H34O/c1-5-7-8-10-15(9-6-2)11-12-16(17)13-14(3)4/h14-17H,5-13H2,1-4H3. The molecule has 17 heavy (non-hydrogen) atoms. The van der Waals surface area contributed by atoms with Crippen molar-refractivity contribution in [3.8, 4) is 0 Å². The summed E-state index contributed by atoms with van der Waals surface area (Å²) in [6.45, 7) is 8.92. The molecule has 0 aliphatic heterocycles. The number of aliphatic hydroxyl groups excluding tert-OH is 1. The van der Waals surface area contributed by atoms with Crippen LogP contribution < -0.4 is 0 Å². The Hall–Kier alpha value is -0.0400. The molecule has 2 atom stereocenters. The van der Waals surface area contributed by atoms with Gasteiger partial charge in [-0.15, -0.1) is 0 Å². The van der Waals surface area contributed by atoms with Crippen LogP contribution in [-0.4, -0.2) is 11.2 Å². The lowest BCUT2D eigenvalue weighted by atomic mass is 9.89. The van der Waals surface area contributed by atoms with Crippen LogP contribution in [0.2, 0.25) is 0 Å². The SMILES string of the molecule is CCCCCC(CCC)CCC(O)CC(C)C. The fourth-order valence-electron chi connectivity index (χ4n) is 2.61. The van der Waals surface area contributed by atoms with E-state index in [1.54, 1.807) is 0 Å². The minimum Gasteiger partial charge on any atom is -0.393 e. The van der Waals surface area contributed by atoms with Crippen molar-refractivity contribution in [3.05, 3.63) is 0 Å². The third-order valence-electron chi connectivity index (χ3n) is 3.56. The molecule has 0 rings (SSSR count). The Balaban J connectivity index is 3.74. The molecule has 0 saturated carbocycles. The van der Waals surface area contributed by atoms with Crippen LogP contribution in [0.4, 0.5) is 0 Å². The normalized spacial score (nSPS) is 15.2. The molecule has 0 aromatic carbocycles. The molecule has 0 amide bonds. The predicted molar refractivity (Wildman–Crippen MR) is 77.2 cm³/mol. The fraction of sp³-hybridized carbons (Fsp3) is 1.00. The van der Waals surface area contributed by atoms with Gasteiger partial charge in [0.2, 0.25) is 0 Å². The van der Waals surface area contributed by atoms with Gasteiger partial charge in [0.05, 0.1) is 6.10 Å². The highest BCUT2D eigenvalue weighted by Gasteiger charge is 2.12. The molecule has 0 spiro atoms. The zero-order valence-electron chi connectivity index (χ0n) is 12.5. The highest BCUT2D eigenvalue weighted by atomic mass is 16.3.